The molecule has 0 bridgehead atoms. The van der Waals surface area contributed by atoms with Crippen LogP contribution in [0.2, 0.25) is 0 Å². The van der Waals surface area contributed by atoms with Crippen LogP contribution in [0, 0.1) is 0 Å². The second-order valence-electron chi connectivity index (χ2n) is 8.36. The maximum absolute atomic E-state index is 13.1. The van der Waals surface area contributed by atoms with Crippen LogP contribution >= 0.6 is 0 Å². The largest absolute Gasteiger partial charge is 0.497 e. The molecule has 3 heterocycles. The van der Waals surface area contributed by atoms with E-state index in [-0.39, 0.29) is 5.91 Å². The second kappa shape index (κ2) is 6.66. The lowest BCUT2D eigenvalue weighted by atomic mass is 9.94. The van der Waals surface area contributed by atoms with Crippen LogP contribution in [0.5, 0.6) is 11.5 Å². The number of carbonyl (C=O) groups excluding carboxylic acids is 1. The van der Waals surface area contributed by atoms with Crippen LogP contribution in [0.15, 0.2) is 24.3 Å². The number of nitrogens with one attached hydrogen (secondary N) is 3. The van der Waals surface area contributed by atoms with Gasteiger partial charge in [-0.05, 0) is 53.8 Å². The van der Waals surface area contributed by atoms with Gasteiger partial charge in [-0.1, -0.05) is 13.8 Å². The van der Waals surface area contributed by atoms with E-state index in [1.54, 1.807) is 14.2 Å². The molecule has 1 amide bonds. The summed E-state index contributed by atoms with van der Waals surface area (Å²) in [6.07, 6.45) is 1.77. The normalized spacial score (nSPS) is 13.4. The molecule has 1 aliphatic heterocycles. The van der Waals surface area contributed by atoms with Gasteiger partial charge in [0.25, 0.3) is 5.91 Å². The predicted octanol–water partition coefficient (Wildman–Crippen LogP) is 5.34. The van der Waals surface area contributed by atoms with Gasteiger partial charge < -0.3 is 24.8 Å². The number of aromatic amines is 2. The first-order valence-corrected chi connectivity index (χ1v) is 11.1. The lowest BCUT2D eigenvalue weighted by molar-refractivity contribution is 0.0967. The van der Waals surface area contributed by atoms with Crippen molar-refractivity contribution in [3.63, 3.8) is 0 Å². The Hall–Kier alpha value is -3.67. The molecule has 6 rings (SSSR count). The number of rotatable bonds is 4. The number of fused-ring (bicyclic) bond motifs is 10. The zero-order valence-electron chi connectivity index (χ0n) is 18.7. The van der Waals surface area contributed by atoms with E-state index in [0.717, 1.165) is 79.1 Å². The van der Waals surface area contributed by atoms with Gasteiger partial charge in [-0.3, -0.25) is 4.79 Å². The Balaban J connectivity index is 1.88. The van der Waals surface area contributed by atoms with Gasteiger partial charge >= 0.3 is 0 Å². The topological polar surface area (TPSA) is 79.1 Å². The third-order valence-corrected chi connectivity index (χ3v) is 6.97. The van der Waals surface area contributed by atoms with Crippen LogP contribution in [0.1, 0.15) is 40.9 Å². The van der Waals surface area contributed by atoms with Crippen molar-refractivity contribution in [3.8, 4) is 11.5 Å². The quantitative estimate of drug-likeness (QED) is 0.362. The number of benzene rings is 3. The highest BCUT2D eigenvalue weighted by Crippen LogP contribution is 2.44. The summed E-state index contributed by atoms with van der Waals surface area (Å²) >= 11 is 0. The Morgan fingerprint density at radius 3 is 2.38 bits per heavy atom. The molecule has 1 aliphatic rings. The van der Waals surface area contributed by atoms with Crippen LogP contribution in [-0.2, 0) is 19.4 Å². The number of aryl methyl sites for hydroxylation is 1. The molecule has 6 heteroatoms. The second-order valence-corrected chi connectivity index (χ2v) is 8.36. The number of carbonyl (C=O) groups is 1. The van der Waals surface area contributed by atoms with Gasteiger partial charge in [-0.15, -0.1) is 0 Å². The van der Waals surface area contributed by atoms with Crippen LogP contribution in [0.4, 0.5) is 0 Å². The van der Waals surface area contributed by atoms with E-state index in [1.807, 2.05) is 18.2 Å². The van der Waals surface area contributed by atoms with Gasteiger partial charge in [-0.2, -0.15) is 0 Å². The van der Waals surface area contributed by atoms with E-state index >= 15 is 0 Å². The number of hydrogen-bond donors (Lipinski definition) is 3. The van der Waals surface area contributed by atoms with E-state index in [2.05, 4.69) is 35.2 Å². The molecule has 162 valence electrons. The predicted molar refractivity (Wildman–Crippen MR) is 128 cm³/mol. The first-order chi connectivity index (χ1) is 15.6. The van der Waals surface area contributed by atoms with E-state index in [1.165, 1.54) is 11.1 Å². The average molecular weight is 428 g/mol. The molecule has 0 aliphatic carbocycles. The first kappa shape index (κ1) is 19.0. The summed E-state index contributed by atoms with van der Waals surface area (Å²) < 4.78 is 11.3. The summed E-state index contributed by atoms with van der Waals surface area (Å²) in [7, 11) is 3.39. The molecular formula is C26H25N3O3. The minimum absolute atomic E-state index is 0.0263. The number of hydrogen-bond acceptors (Lipinski definition) is 3. The Labute approximate surface area is 184 Å². The number of ether oxygens (including phenoxy) is 2. The molecule has 2 aromatic heterocycles. The van der Waals surface area contributed by atoms with Crippen LogP contribution in [0.25, 0.3) is 43.6 Å². The number of H-pyrrole nitrogens is 2. The smallest absolute Gasteiger partial charge is 0.252 e. The van der Waals surface area contributed by atoms with Gasteiger partial charge in [-0.25, -0.2) is 0 Å². The summed E-state index contributed by atoms with van der Waals surface area (Å²) in [5.41, 5.74) is 8.36. The molecule has 0 saturated heterocycles. The van der Waals surface area contributed by atoms with Gasteiger partial charge in [0.2, 0.25) is 0 Å². The fraction of sp³-hybridized carbons (Fsp3) is 0.269. The summed E-state index contributed by atoms with van der Waals surface area (Å²) in [6.45, 7) is 4.84. The number of aromatic nitrogens is 2. The fourth-order valence-electron chi connectivity index (χ4n) is 5.58. The molecule has 0 saturated carbocycles. The van der Waals surface area contributed by atoms with Crippen molar-refractivity contribution in [2.45, 2.75) is 33.2 Å². The van der Waals surface area contributed by atoms with Crippen molar-refractivity contribution >= 4 is 49.5 Å². The highest BCUT2D eigenvalue weighted by atomic mass is 16.5. The molecule has 0 atom stereocenters. The molecular weight excluding hydrogens is 402 g/mol. The molecule has 3 aromatic carbocycles. The van der Waals surface area contributed by atoms with Crippen molar-refractivity contribution in [1.82, 2.24) is 15.3 Å². The Kier molecular flexibility index (Phi) is 3.97. The van der Waals surface area contributed by atoms with Crippen LogP contribution in [0.3, 0.4) is 0 Å². The van der Waals surface area contributed by atoms with Gasteiger partial charge in [0, 0.05) is 33.6 Å². The molecule has 0 fully saturated rings. The van der Waals surface area contributed by atoms with Gasteiger partial charge in [0.05, 0.1) is 36.3 Å². The monoisotopic (exact) mass is 427 g/mol. The van der Waals surface area contributed by atoms with E-state index < -0.39 is 0 Å². The van der Waals surface area contributed by atoms with Crippen molar-refractivity contribution in [2.24, 2.45) is 0 Å². The Morgan fingerprint density at radius 2 is 1.66 bits per heavy atom. The molecule has 32 heavy (non-hydrogen) atoms. The Bertz CT molecular complexity index is 1590. The summed E-state index contributed by atoms with van der Waals surface area (Å²) in [5.74, 6) is 1.65. The van der Waals surface area contributed by atoms with Crippen molar-refractivity contribution < 1.29 is 14.3 Å². The highest BCUT2D eigenvalue weighted by molar-refractivity contribution is 6.30. The van der Waals surface area contributed by atoms with Gasteiger partial charge in [0.15, 0.2) is 0 Å². The molecule has 6 nitrogen and oxygen atoms in total. The molecule has 0 spiro atoms. The maximum atomic E-state index is 13.1. The molecule has 3 N–H and O–H groups in total. The number of amides is 1. The molecule has 0 unspecified atom stereocenters. The van der Waals surface area contributed by atoms with E-state index in [4.69, 9.17) is 9.47 Å². The van der Waals surface area contributed by atoms with E-state index in [0.29, 0.717) is 6.54 Å². The zero-order chi connectivity index (χ0) is 22.1. The SMILES string of the molecule is CCc1c(OC)cc2c([nH]c3c4[nH]c5ccc(OC)cc5c4c4c(c23)C(=O)NC4)c1CC. The minimum Gasteiger partial charge on any atom is -0.497 e. The summed E-state index contributed by atoms with van der Waals surface area (Å²) in [5, 5.41) is 7.20. The third kappa shape index (κ3) is 2.27. The molecule has 5 aromatic rings. The molecule has 0 radical (unpaired) electrons. The summed E-state index contributed by atoms with van der Waals surface area (Å²) in [6, 6.07) is 8.13. The highest BCUT2D eigenvalue weighted by Gasteiger charge is 2.30. The lowest BCUT2D eigenvalue weighted by Gasteiger charge is -2.13. The van der Waals surface area contributed by atoms with Crippen molar-refractivity contribution in [3.05, 3.63) is 46.5 Å². The van der Waals surface area contributed by atoms with Gasteiger partial charge in [0.1, 0.15) is 11.5 Å². The lowest BCUT2D eigenvalue weighted by Crippen LogP contribution is -2.12. The standard InChI is InChI=1S/C26H25N3O3/c1-5-13-14(6-2)23-16(10-19(13)32-4)21-22-17(11-27-26(22)30)20-15-9-12(31-3)7-8-18(15)28-24(20)25(21)29-23/h7-10,28-29H,5-6,11H2,1-4H3,(H,27,30). The summed E-state index contributed by atoms with van der Waals surface area (Å²) in [4.78, 5) is 20.4. The number of methoxy groups -OCH3 is 2. The van der Waals surface area contributed by atoms with E-state index in [9.17, 15) is 4.79 Å². The average Bonchev–Trinajstić information content (AvgIpc) is 3.49. The fourth-order valence-corrected chi connectivity index (χ4v) is 5.58. The van der Waals surface area contributed by atoms with Crippen molar-refractivity contribution in [2.75, 3.05) is 14.2 Å². The maximum Gasteiger partial charge on any atom is 0.252 e. The van der Waals surface area contributed by atoms with Crippen LogP contribution < -0.4 is 14.8 Å². The third-order valence-electron chi connectivity index (χ3n) is 6.97. The first-order valence-electron chi connectivity index (χ1n) is 11.1. The van der Waals surface area contributed by atoms with Crippen LogP contribution in [-0.4, -0.2) is 30.1 Å². The minimum atomic E-state index is -0.0263. The Morgan fingerprint density at radius 1 is 0.875 bits per heavy atom. The van der Waals surface area contributed by atoms with Crippen molar-refractivity contribution in [1.29, 1.82) is 0 Å². The zero-order valence-corrected chi connectivity index (χ0v) is 18.7.